The van der Waals surface area contributed by atoms with Gasteiger partial charge in [-0.25, -0.2) is 0 Å². The van der Waals surface area contributed by atoms with Crippen LogP contribution in [0.4, 0.5) is 0 Å². The van der Waals surface area contributed by atoms with Crippen molar-refractivity contribution in [2.45, 2.75) is 38.6 Å². The van der Waals surface area contributed by atoms with Gasteiger partial charge < -0.3 is 14.6 Å². The minimum Gasteiger partial charge on any atom is -0.492 e. The second-order valence-corrected chi connectivity index (χ2v) is 7.03. The van der Waals surface area contributed by atoms with E-state index in [2.05, 4.69) is 4.90 Å². The maximum atomic E-state index is 10.7. The number of benzene rings is 2. The number of aliphatic carboxylic acids is 1. The van der Waals surface area contributed by atoms with Crippen LogP contribution in [0.2, 0.25) is 0 Å². The number of nitrogens with zero attached hydrogens (tertiary/aromatic N) is 1. The highest BCUT2D eigenvalue weighted by atomic mass is 35.5. The summed E-state index contributed by atoms with van der Waals surface area (Å²) in [6.45, 7) is 4.53. The standard InChI is InChI=1S/C22H27NO4.ClH/c1-17-6-8-20(9-7-17)27-21-12-10-19(11-13-21)26-16-18-4-2-14-23(18)15-3-5-22(24)25;/h6-13,18H,2-5,14-16H2,1H3,(H,24,25);1H/t18-;/m0./s1. The molecule has 0 saturated carbocycles. The highest BCUT2D eigenvalue weighted by Gasteiger charge is 2.24. The lowest BCUT2D eigenvalue weighted by atomic mass is 10.2. The molecule has 6 heteroatoms. The molecule has 0 amide bonds. The summed E-state index contributed by atoms with van der Waals surface area (Å²) in [4.78, 5) is 13.0. The summed E-state index contributed by atoms with van der Waals surface area (Å²) < 4.78 is 11.8. The van der Waals surface area contributed by atoms with E-state index < -0.39 is 5.97 Å². The van der Waals surface area contributed by atoms with E-state index in [4.69, 9.17) is 14.6 Å². The maximum absolute atomic E-state index is 10.7. The van der Waals surface area contributed by atoms with E-state index in [9.17, 15) is 4.79 Å². The summed E-state index contributed by atoms with van der Waals surface area (Å²) in [5.74, 6) is 1.69. The molecule has 3 rings (SSSR count). The zero-order valence-electron chi connectivity index (χ0n) is 16.2. The summed E-state index contributed by atoms with van der Waals surface area (Å²) in [6, 6.07) is 16.0. The van der Waals surface area contributed by atoms with Crippen molar-refractivity contribution in [2.75, 3.05) is 19.7 Å². The van der Waals surface area contributed by atoms with E-state index in [1.165, 1.54) is 5.56 Å². The molecule has 2 aromatic rings. The number of likely N-dealkylation sites (tertiary alicyclic amines) is 1. The van der Waals surface area contributed by atoms with Gasteiger partial charge in [0, 0.05) is 12.5 Å². The molecular weight excluding hydrogens is 378 g/mol. The van der Waals surface area contributed by atoms with E-state index in [1.54, 1.807) is 0 Å². The Kier molecular flexibility index (Phi) is 8.61. The van der Waals surface area contributed by atoms with Crippen molar-refractivity contribution in [3.63, 3.8) is 0 Å². The highest BCUT2D eigenvalue weighted by molar-refractivity contribution is 5.85. The van der Waals surface area contributed by atoms with Crippen LogP contribution in [0.1, 0.15) is 31.2 Å². The van der Waals surface area contributed by atoms with E-state index in [1.807, 2.05) is 55.5 Å². The predicted octanol–water partition coefficient (Wildman–Crippen LogP) is 4.92. The van der Waals surface area contributed by atoms with Gasteiger partial charge in [-0.2, -0.15) is 0 Å². The minimum absolute atomic E-state index is 0. The van der Waals surface area contributed by atoms with Crippen LogP contribution in [0.5, 0.6) is 17.2 Å². The Morgan fingerprint density at radius 1 is 1.07 bits per heavy atom. The third-order valence-electron chi connectivity index (χ3n) is 4.86. The Morgan fingerprint density at radius 3 is 2.32 bits per heavy atom. The molecule has 1 atom stereocenters. The van der Waals surface area contributed by atoms with Crippen LogP contribution in [0.15, 0.2) is 48.5 Å². The van der Waals surface area contributed by atoms with Crippen molar-refractivity contribution < 1.29 is 19.4 Å². The highest BCUT2D eigenvalue weighted by Crippen LogP contribution is 2.25. The summed E-state index contributed by atoms with van der Waals surface area (Å²) in [7, 11) is 0. The van der Waals surface area contributed by atoms with Gasteiger partial charge in [-0.1, -0.05) is 17.7 Å². The first-order valence-corrected chi connectivity index (χ1v) is 9.53. The number of hydrogen-bond acceptors (Lipinski definition) is 4. The second-order valence-electron chi connectivity index (χ2n) is 7.03. The molecule has 1 saturated heterocycles. The number of carboxylic acids is 1. The molecule has 5 nitrogen and oxygen atoms in total. The molecule has 1 N–H and O–H groups in total. The first kappa shape index (κ1) is 22.1. The van der Waals surface area contributed by atoms with E-state index in [0.717, 1.165) is 43.2 Å². The van der Waals surface area contributed by atoms with Gasteiger partial charge in [0.05, 0.1) is 0 Å². The molecular formula is C22H28ClNO4. The Morgan fingerprint density at radius 2 is 1.68 bits per heavy atom. The molecule has 0 radical (unpaired) electrons. The van der Waals surface area contributed by atoms with Crippen LogP contribution in [-0.2, 0) is 4.79 Å². The normalized spacial score (nSPS) is 16.4. The van der Waals surface area contributed by atoms with Crippen LogP contribution in [0.3, 0.4) is 0 Å². The van der Waals surface area contributed by atoms with Gasteiger partial charge in [-0.15, -0.1) is 12.4 Å². The fourth-order valence-corrected chi connectivity index (χ4v) is 3.35. The molecule has 1 aliphatic heterocycles. The van der Waals surface area contributed by atoms with Gasteiger partial charge in [0.15, 0.2) is 0 Å². The number of halogens is 1. The van der Waals surface area contributed by atoms with Crippen LogP contribution in [0.25, 0.3) is 0 Å². The molecule has 0 aromatic heterocycles. The van der Waals surface area contributed by atoms with Gasteiger partial charge >= 0.3 is 5.97 Å². The van der Waals surface area contributed by atoms with E-state index >= 15 is 0 Å². The average molecular weight is 406 g/mol. The first-order chi connectivity index (χ1) is 13.1. The Balaban J connectivity index is 0.00000280. The quantitative estimate of drug-likeness (QED) is 0.641. The third-order valence-corrected chi connectivity index (χ3v) is 4.86. The zero-order valence-corrected chi connectivity index (χ0v) is 17.0. The zero-order chi connectivity index (χ0) is 19.1. The topological polar surface area (TPSA) is 59.0 Å². The monoisotopic (exact) mass is 405 g/mol. The van der Waals surface area contributed by atoms with Crippen molar-refractivity contribution in [3.8, 4) is 17.2 Å². The first-order valence-electron chi connectivity index (χ1n) is 9.53. The van der Waals surface area contributed by atoms with Gasteiger partial charge in [0.25, 0.3) is 0 Å². The smallest absolute Gasteiger partial charge is 0.303 e. The van der Waals surface area contributed by atoms with Gasteiger partial charge in [0.2, 0.25) is 0 Å². The predicted molar refractivity (Wildman–Crippen MR) is 112 cm³/mol. The molecule has 0 aliphatic carbocycles. The molecule has 1 fully saturated rings. The Labute approximate surface area is 172 Å². The van der Waals surface area contributed by atoms with Gasteiger partial charge in [-0.3, -0.25) is 9.69 Å². The van der Waals surface area contributed by atoms with Crippen LogP contribution in [-0.4, -0.2) is 41.7 Å². The summed E-state index contributed by atoms with van der Waals surface area (Å²) in [5.41, 5.74) is 1.20. The van der Waals surface area contributed by atoms with Crippen molar-refractivity contribution in [1.82, 2.24) is 4.90 Å². The van der Waals surface area contributed by atoms with Gasteiger partial charge in [0.1, 0.15) is 23.9 Å². The number of hydrogen-bond donors (Lipinski definition) is 1. The summed E-state index contributed by atoms with van der Waals surface area (Å²) in [6.07, 6.45) is 3.16. The molecule has 0 unspecified atom stereocenters. The van der Waals surface area contributed by atoms with Crippen molar-refractivity contribution in [2.24, 2.45) is 0 Å². The number of aryl methyl sites for hydroxylation is 1. The number of carbonyl (C=O) groups is 1. The maximum Gasteiger partial charge on any atom is 0.303 e. The second kappa shape index (κ2) is 10.9. The van der Waals surface area contributed by atoms with E-state index in [-0.39, 0.29) is 18.8 Å². The largest absolute Gasteiger partial charge is 0.492 e. The van der Waals surface area contributed by atoms with Crippen molar-refractivity contribution >= 4 is 18.4 Å². The van der Waals surface area contributed by atoms with Crippen molar-refractivity contribution in [3.05, 3.63) is 54.1 Å². The average Bonchev–Trinajstić information content (AvgIpc) is 3.10. The summed E-state index contributed by atoms with van der Waals surface area (Å²) >= 11 is 0. The molecule has 0 spiro atoms. The SMILES string of the molecule is Cc1ccc(Oc2ccc(OC[C@@H]3CCCN3CCCC(=O)O)cc2)cc1.Cl. The fraction of sp³-hybridized carbons (Fsp3) is 0.409. The van der Waals surface area contributed by atoms with Crippen LogP contribution < -0.4 is 9.47 Å². The van der Waals surface area contributed by atoms with Crippen LogP contribution >= 0.6 is 12.4 Å². The lowest BCUT2D eigenvalue weighted by Gasteiger charge is -2.24. The molecule has 152 valence electrons. The summed E-state index contributed by atoms with van der Waals surface area (Å²) in [5, 5.41) is 8.78. The molecule has 1 aliphatic rings. The number of carboxylic acid groups (broad SMARTS) is 1. The van der Waals surface area contributed by atoms with Crippen LogP contribution in [0, 0.1) is 6.92 Å². The lowest BCUT2D eigenvalue weighted by molar-refractivity contribution is -0.137. The van der Waals surface area contributed by atoms with E-state index in [0.29, 0.717) is 19.1 Å². The fourth-order valence-electron chi connectivity index (χ4n) is 3.35. The third kappa shape index (κ3) is 6.73. The minimum atomic E-state index is -0.727. The Bertz CT molecular complexity index is 733. The molecule has 2 aromatic carbocycles. The number of rotatable bonds is 9. The molecule has 0 bridgehead atoms. The molecule has 28 heavy (non-hydrogen) atoms. The number of ether oxygens (including phenoxy) is 2. The van der Waals surface area contributed by atoms with Gasteiger partial charge in [-0.05, 0) is 75.7 Å². The Hall–Kier alpha value is -2.24. The lowest BCUT2D eigenvalue weighted by Crippen LogP contribution is -2.35. The molecule has 1 heterocycles. The van der Waals surface area contributed by atoms with Crippen molar-refractivity contribution in [1.29, 1.82) is 0 Å².